The minimum atomic E-state index is -1.26. The minimum absolute atomic E-state index is 0.224. The Bertz CT molecular complexity index is 1120. The van der Waals surface area contributed by atoms with Crippen molar-refractivity contribution in [2.24, 2.45) is 4.99 Å². The van der Waals surface area contributed by atoms with E-state index in [1.807, 2.05) is 11.8 Å². The number of nitrogens with zero attached hydrogens (tertiary/aromatic N) is 3. The molecular formula is C29H36FN3O5S. The van der Waals surface area contributed by atoms with Crippen molar-refractivity contribution in [2.45, 2.75) is 43.9 Å². The largest absolute Gasteiger partial charge is 0.494 e. The van der Waals surface area contributed by atoms with E-state index in [4.69, 9.17) is 19.9 Å². The molecule has 0 spiro atoms. The Morgan fingerprint density at radius 1 is 1.05 bits per heavy atom. The van der Waals surface area contributed by atoms with Crippen LogP contribution in [0.5, 0.6) is 5.75 Å². The van der Waals surface area contributed by atoms with Crippen LogP contribution in [0.2, 0.25) is 0 Å². The summed E-state index contributed by atoms with van der Waals surface area (Å²) in [6, 6.07) is 15.3. The molecule has 10 heteroatoms. The number of likely N-dealkylation sites (tertiary alicyclic amines) is 1. The summed E-state index contributed by atoms with van der Waals surface area (Å²) in [6.45, 7) is 4.18. The average molecular weight is 558 g/mol. The van der Waals surface area contributed by atoms with E-state index in [-0.39, 0.29) is 5.82 Å². The fraction of sp³-hybridized carbons (Fsp3) is 0.414. The summed E-state index contributed by atoms with van der Waals surface area (Å²) in [5.41, 5.74) is 2.46. The lowest BCUT2D eigenvalue weighted by Gasteiger charge is -2.38. The molecule has 1 fully saturated rings. The highest BCUT2D eigenvalue weighted by Crippen LogP contribution is 2.32. The van der Waals surface area contributed by atoms with Gasteiger partial charge in [-0.3, -0.25) is 0 Å². The quantitative estimate of drug-likeness (QED) is 0.295. The monoisotopic (exact) mass is 557 g/mol. The Labute approximate surface area is 233 Å². The average Bonchev–Trinajstić information content (AvgIpc) is 2.95. The number of aliphatic imine (C=N–C) groups is 1. The number of carbonyl (C=O) groups is 2. The van der Waals surface area contributed by atoms with Crippen LogP contribution in [-0.2, 0) is 15.3 Å². The van der Waals surface area contributed by atoms with Crippen LogP contribution in [0.3, 0.4) is 0 Å². The van der Waals surface area contributed by atoms with Gasteiger partial charge in [-0.25, -0.2) is 19.0 Å². The molecule has 2 aromatic rings. The van der Waals surface area contributed by atoms with E-state index in [0.29, 0.717) is 24.8 Å². The van der Waals surface area contributed by atoms with Gasteiger partial charge in [0.2, 0.25) is 0 Å². The smallest absolute Gasteiger partial charge is 0.328 e. The number of piperidine rings is 1. The molecule has 0 aromatic heterocycles. The number of aliphatic carboxylic acids is 2. The third-order valence-electron chi connectivity index (χ3n) is 6.54. The van der Waals surface area contributed by atoms with Crippen molar-refractivity contribution >= 4 is 34.6 Å². The van der Waals surface area contributed by atoms with Gasteiger partial charge >= 0.3 is 11.9 Å². The minimum Gasteiger partial charge on any atom is -0.494 e. The van der Waals surface area contributed by atoms with Crippen LogP contribution in [-0.4, -0.2) is 76.4 Å². The van der Waals surface area contributed by atoms with Crippen molar-refractivity contribution in [3.05, 3.63) is 72.1 Å². The zero-order chi connectivity index (χ0) is 28.0. The molecule has 0 radical (unpaired) electrons. The van der Waals surface area contributed by atoms with E-state index in [9.17, 15) is 14.0 Å². The number of hydrogen-bond donors (Lipinski definition) is 2. The summed E-state index contributed by atoms with van der Waals surface area (Å²) in [4.78, 5) is 29.0. The summed E-state index contributed by atoms with van der Waals surface area (Å²) in [6.07, 6.45) is 6.91. The second kappa shape index (κ2) is 15.9. The van der Waals surface area contributed by atoms with Gasteiger partial charge in [0.25, 0.3) is 0 Å². The van der Waals surface area contributed by atoms with E-state index < -0.39 is 11.9 Å². The number of unbranched alkanes of at least 4 members (excludes halogenated alkanes) is 2. The predicted molar refractivity (Wildman–Crippen MR) is 152 cm³/mol. The topological polar surface area (TPSA) is 103 Å². The van der Waals surface area contributed by atoms with E-state index in [1.165, 1.54) is 42.1 Å². The maximum atomic E-state index is 12.9. The molecule has 2 N–H and O–H groups in total. The number of hydrogen-bond acceptors (Lipinski definition) is 7. The first-order valence-corrected chi connectivity index (χ1v) is 14.1. The highest BCUT2D eigenvalue weighted by atomic mass is 32.2. The van der Waals surface area contributed by atoms with Crippen LogP contribution in [0.25, 0.3) is 0 Å². The number of carboxylic acid groups (broad SMARTS) is 2. The molecule has 2 heterocycles. The zero-order valence-corrected chi connectivity index (χ0v) is 23.0. The van der Waals surface area contributed by atoms with Gasteiger partial charge in [0, 0.05) is 44.1 Å². The lowest BCUT2D eigenvalue weighted by molar-refractivity contribution is -0.134. The van der Waals surface area contributed by atoms with Gasteiger partial charge in [-0.1, -0.05) is 30.0 Å². The van der Waals surface area contributed by atoms with Crippen LogP contribution in [0, 0.1) is 5.82 Å². The summed E-state index contributed by atoms with van der Waals surface area (Å²) < 4.78 is 18.6. The first-order valence-electron chi connectivity index (χ1n) is 13.1. The van der Waals surface area contributed by atoms with Crippen molar-refractivity contribution in [1.29, 1.82) is 0 Å². The van der Waals surface area contributed by atoms with Crippen molar-refractivity contribution < 1.29 is 28.9 Å². The van der Waals surface area contributed by atoms with Gasteiger partial charge in [-0.2, -0.15) is 0 Å². The van der Waals surface area contributed by atoms with Crippen molar-refractivity contribution in [1.82, 2.24) is 9.80 Å². The fourth-order valence-electron chi connectivity index (χ4n) is 4.36. The van der Waals surface area contributed by atoms with Crippen LogP contribution < -0.4 is 4.74 Å². The summed E-state index contributed by atoms with van der Waals surface area (Å²) in [7, 11) is 2.21. The van der Waals surface area contributed by atoms with Gasteiger partial charge in [0.15, 0.2) is 5.17 Å². The van der Waals surface area contributed by atoms with Crippen LogP contribution in [0.1, 0.15) is 37.7 Å². The van der Waals surface area contributed by atoms with Gasteiger partial charge < -0.3 is 24.7 Å². The number of rotatable bonds is 10. The normalized spacial score (nSPS) is 15.6. The van der Waals surface area contributed by atoms with Crippen LogP contribution in [0.4, 0.5) is 10.1 Å². The molecule has 2 aliphatic rings. The Morgan fingerprint density at radius 3 is 2.38 bits per heavy atom. The maximum absolute atomic E-state index is 12.9. The highest BCUT2D eigenvalue weighted by molar-refractivity contribution is 8.13. The second-order valence-corrected chi connectivity index (χ2v) is 10.3. The molecule has 0 bridgehead atoms. The first kappa shape index (κ1) is 30.2. The maximum Gasteiger partial charge on any atom is 0.328 e. The number of para-hydroxylation sites is 1. The first-order chi connectivity index (χ1) is 18.8. The molecule has 0 amide bonds. The van der Waals surface area contributed by atoms with Gasteiger partial charge in [-0.15, -0.1) is 0 Å². The van der Waals surface area contributed by atoms with Crippen LogP contribution >= 0.6 is 11.8 Å². The van der Waals surface area contributed by atoms with Gasteiger partial charge in [0.05, 0.1) is 12.3 Å². The number of halogens is 1. The van der Waals surface area contributed by atoms with E-state index >= 15 is 0 Å². The molecule has 0 unspecified atom stereocenters. The Kier molecular flexibility index (Phi) is 12.3. The summed E-state index contributed by atoms with van der Waals surface area (Å²) in [5.74, 6) is -0.974. The van der Waals surface area contributed by atoms with Gasteiger partial charge in [-0.05, 0) is 74.5 Å². The summed E-state index contributed by atoms with van der Waals surface area (Å²) in [5, 5.41) is 16.8. The summed E-state index contributed by atoms with van der Waals surface area (Å²) >= 11 is 1.86. The Balaban J connectivity index is 0.000000459. The van der Waals surface area contributed by atoms with Crippen LogP contribution in [0.15, 0.2) is 65.7 Å². The number of carboxylic acids is 2. The second-order valence-electron chi connectivity index (χ2n) is 9.37. The fourth-order valence-corrected chi connectivity index (χ4v) is 5.41. The van der Waals surface area contributed by atoms with Gasteiger partial charge in [0.1, 0.15) is 11.6 Å². The standard InChI is InChI=1S/C25H32FN3OS.C4H4O4/c1-28(25-27-24-8-4-3-7-20(24)19-31-25)22-13-16-29(17-14-22)15-5-2-6-18-30-23-11-9-21(26)10-12-23;5-3(6)1-2-4(7)8/h3-4,7-12,22H,2,5-6,13-19H2,1H3;1-2H,(H,5,6)(H,7,8). The lowest BCUT2D eigenvalue weighted by atomic mass is 10.0. The Hall–Kier alpha value is -3.37. The zero-order valence-electron chi connectivity index (χ0n) is 22.2. The molecule has 2 aliphatic heterocycles. The molecule has 0 aliphatic carbocycles. The number of amidine groups is 1. The third kappa shape index (κ3) is 10.7. The number of ether oxygens (including phenoxy) is 1. The van der Waals surface area contributed by atoms with E-state index in [2.05, 4.69) is 41.1 Å². The SMILES string of the molecule is CN(C1=Nc2ccccc2CS1)C1CCN(CCCCCOc2ccc(F)cc2)CC1.O=C(O)C=CC(=O)O. The number of thioether (sulfide) groups is 1. The van der Waals surface area contributed by atoms with E-state index in [0.717, 1.165) is 49.7 Å². The molecule has 4 rings (SSSR count). The Morgan fingerprint density at radius 2 is 1.72 bits per heavy atom. The van der Waals surface area contributed by atoms with Crippen molar-refractivity contribution in [3.8, 4) is 5.75 Å². The molecule has 8 nitrogen and oxygen atoms in total. The molecule has 0 saturated carbocycles. The third-order valence-corrected chi connectivity index (χ3v) is 7.63. The van der Waals surface area contributed by atoms with Crippen molar-refractivity contribution in [2.75, 3.05) is 33.3 Å². The molecular weight excluding hydrogens is 521 g/mol. The molecule has 0 atom stereocenters. The molecule has 39 heavy (non-hydrogen) atoms. The predicted octanol–water partition coefficient (Wildman–Crippen LogP) is 5.42. The molecule has 1 saturated heterocycles. The lowest BCUT2D eigenvalue weighted by Crippen LogP contribution is -2.45. The molecule has 210 valence electrons. The highest BCUT2D eigenvalue weighted by Gasteiger charge is 2.26. The van der Waals surface area contributed by atoms with E-state index in [1.54, 1.807) is 12.1 Å². The number of fused-ring (bicyclic) bond motifs is 1. The molecule has 2 aromatic carbocycles. The number of benzene rings is 2. The van der Waals surface area contributed by atoms with Crippen molar-refractivity contribution in [3.63, 3.8) is 0 Å².